The summed E-state index contributed by atoms with van der Waals surface area (Å²) in [4.78, 5) is 0. The summed E-state index contributed by atoms with van der Waals surface area (Å²) in [6.45, 7) is 4.92. The fourth-order valence-corrected chi connectivity index (χ4v) is 9.15. The molecular weight excluding hydrogens is 288 g/mol. The van der Waals surface area contributed by atoms with Crippen molar-refractivity contribution >= 4 is 0 Å². The van der Waals surface area contributed by atoms with Gasteiger partial charge < -0.3 is 15.3 Å². The quantitative estimate of drug-likeness (QED) is 0.733. The van der Waals surface area contributed by atoms with E-state index in [0.29, 0.717) is 16.7 Å². The van der Waals surface area contributed by atoms with Crippen LogP contribution in [0.15, 0.2) is 0 Å². The molecule has 3 heteroatoms. The van der Waals surface area contributed by atoms with Crippen LogP contribution in [0.2, 0.25) is 0 Å². The molecular formula is C20H32O3. The summed E-state index contributed by atoms with van der Waals surface area (Å²) in [5, 5.41) is 31.4. The zero-order chi connectivity index (χ0) is 16.3. The molecule has 23 heavy (non-hydrogen) atoms. The maximum Gasteiger partial charge on any atom is 0.0586 e. The maximum absolute atomic E-state index is 11.2. The van der Waals surface area contributed by atoms with Gasteiger partial charge in [-0.1, -0.05) is 20.3 Å². The number of hydrogen-bond acceptors (Lipinski definition) is 3. The first kappa shape index (κ1) is 15.2. The fourth-order valence-electron chi connectivity index (χ4n) is 9.15. The molecule has 0 amide bonds. The Kier molecular flexibility index (Phi) is 2.74. The molecule has 0 aromatic rings. The molecule has 6 aliphatic carbocycles. The first-order valence-corrected chi connectivity index (χ1v) is 9.75. The van der Waals surface area contributed by atoms with E-state index in [1.165, 1.54) is 19.3 Å². The lowest BCUT2D eigenvalue weighted by Crippen LogP contribution is -2.64. The van der Waals surface area contributed by atoms with Crippen LogP contribution < -0.4 is 0 Å². The van der Waals surface area contributed by atoms with Crippen LogP contribution in [0.5, 0.6) is 0 Å². The summed E-state index contributed by atoms with van der Waals surface area (Å²) in [6, 6.07) is 0. The number of rotatable bonds is 2. The Morgan fingerprint density at radius 1 is 0.957 bits per heavy atom. The summed E-state index contributed by atoms with van der Waals surface area (Å²) in [7, 11) is 0. The number of hydrogen-bond donors (Lipinski definition) is 3. The third-order valence-corrected chi connectivity index (χ3v) is 9.85. The zero-order valence-electron chi connectivity index (χ0n) is 14.6. The SMILES string of the molecule is C[C@@]12CCCC(CO)(CO)[C@H]1[C@H](O)C[C@@]13C[C@H]4[C@@H](C[C@H]12)[C@@]4(C)C3. The van der Waals surface area contributed by atoms with Gasteiger partial charge >= 0.3 is 0 Å². The van der Waals surface area contributed by atoms with E-state index >= 15 is 0 Å². The van der Waals surface area contributed by atoms with Gasteiger partial charge in [0.25, 0.3) is 0 Å². The Bertz CT molecular complexity index is 543. The minimum absolute atomic E-state index is 0.0182. The predicted octanol–water partition coefficient (Wildman–Crippen LogP) is 2.58. The van der Waals surface area contributed by atoms with Crippen molar-refractivity contribution in [3.63, 3.8) is 0 Å². The molecule has 0 radical (unpaired) electrons. The van der Waals surface area contributed by atoms with E-state index in [9.17, 15) is 15.3 Å². The molecule has 0 aliphatic heterocycles. The van der Waals surface area contributed by atoms with Crippen LogP contribution in [0.4, 0.5) is 0 Å². The van der Waals surface area contributed by atoms with Gasteiger partial charge in [0.05, 0.1) is 19.3 Å². The largest absolute Gasteiger partial charge is 0.396 e. The van der Waals surface area contributed by atoms with Crippen molar-refractivity contribution in [3.05, 3.63) is 0 Å². The van der Waals surface area contributed by atoms with E-state index in [2.05, 4.69) is 13.8 Å². The Morgan fingerprint density at radius 2 is 1.70 bits per heavy atom. The molecule has 6 aliphatic rings. The van der Waals surface area contributed by atoms with Crippen molar-refractivity contribution in [3.8, 4) is 0 Å². The van der Waals surface area contributed by atoms with Gasteiger partial charge in [-0.15, -0.1) is 0 Å². The zero-order valence-corrected chi connectivity index (χ0v) is 14.6. The lowest BCUT2D eigenvalue weighted by atomic mass is 9.38. The summed E-state index contributed by atoms with van der Waals surface area (Å²) in [5.41, 5.74) is 0.559. The number of aliphatic hydroxyl groups is 3. The van der Waals surface area contributed by atoms with Crippen LogP contribution in [0.25, 0.3) is 0 Å². The average molecular weight is 320 g/mol. The first-order valence-electron chi connectivity index (χ1n) is 9.75. The molecule has 0 aromatic heterocycles. The molecule has 3 N–H and O–H groups in total. The second-order valence-corrected chi connectivity index (χ2v) is 10.5. The lowest BCUT2D eigenvalue weighted by molar-refractivity contribution is -0.229. The molecule has 0 heterocycles. The number of aliphatic hydroxyl groups excluding tert-OH is 3. The molecule has 3 nitrogen and oxygen atoms in total. The second-order valence-electron chi connectivity index (χ2n) is 10.5. The normalized spacial score (nSPS) is 61.7. The van der Waals surface area contributed by atoms with E-state index in [1.807, 2.05) is 0 Å². The van der Waals surface area contributed by atoms with Crippen molar-refractivity contribution in [2.24, 2.45) is 45.3 Å². The highest BCUT2D eigenvalue weighted by Gasteiger charge is 2.79. The topological polar surface area (TPSA) is 60.7 Å². The maximum atomic E-state index is 11.2. The Balaban J connectivity index is 1.59. The minimum atomic E-state index is -0.471. The summed E-state index contributed by atoms with van der Waals surface area (Å²) < 4.78 is 0. The summed E-state index contributed by atoms with van der Waals surface area (Å²) in [5.74, 6) is 2.60. The minimum Gasteiger partial charge on any atom is -0.396 e. The van der Waals surface area contributed by atoms with Crippen LogP contribution in [0.1, 0.15) is 58.8 Å². The van der Waals surface area contributed by atoms with E-state index in [-0.39, 0.29) is 30.7 Å². The molecule has 6 fully saturated rings. The number of fused-ring (bicyclic) bond motifs is 1. The fraction of sp³-hybridized carbons (Fsp3) is 1.00. The summed E-state index contributed by atoms with van der Waals surface area (Å²) in [6.07, 6.45) is 7.67. The van der Waals surface area contributed by atoms with E-state index in [4.69, 9.17) is 0 Å². The molecule has 0 saturated heterocycles. The van der Waals surface area contributed by atoms with Crippen LogP contribution in [-0.2, 0) is 0 Å². The van der Waals surface area contributed by atoms with Gasteiger partial charge in [-0.2, -0.15) is 0 Å². The monoisotopic (exact) mass is 320 g/mol. The van der Waals surface area contributed by atoms with E-state index in [0.717, 1.165) is 37.5 Å². The Morgan fingerprint density at radius 3 is 2.30 bits per heavy atom. The predicted molar refractivity (Wildman–Crippen MR) is 87.5 cm³/mol. The molecule has 6 saturated carbocycles. The smallest absolute Gasteiger partial charge is 0.0586 e. The van der Waals surface area contributed by atoms with Gasteiger partial charge in [-0.25, -0.2) is 0 Å². The van der Waals surface area contributed by atoms with Gasteiger partial charge in [0.1, 0.15) is 0 Å². The third-order valence-electron chi connectivity index (χ3n) is 9.85. The van der Waals surface area contributed by atoms with E-state index in [1.54, 1.807) is 0 Å². The molecule has 8 atom stereocenters. The van der Waals surface area contributed by atoms with Crippen LogP contribution in [0.3, 0.4) is 0 Å². The molecule has 6 rings (SSSR count). The Hall–Kier alpha value is -0.120. The Labute approximate surface area is 139 Å². The average Bonchev–Trinajstić information content (AvgIpc) is 2.97. The highest BCUT2D eigenvalue weighted by atomic mass is 16.3. The van der Waals surface area contributed by atoms with Crippen molar-refractivity contribution in [1.82, 2.24) is 0 Å². The van der Waals surface area contributed by atoms with Gasteiger partial charge in [0.15, 0.2) is 0 Å². The van der Waals surface area contributed by atoms with Crippen molar-refractivity contribution in [2.75, 3.05) is 13.2 Å². The highest BCUT2D eigenvalue weighted by Crippen LogP contribution is 2.85. The molecule has 130 valence electrons. The highest BCUT2D eigenvalue weighted by molar-refractivity contribution is 5.27. The molecule has 4 bridgehead atoms. The van der Waals surface area contributed by atoms with Crippen LogP contribution >= 0.6 is 0 Å². The van der Waals surface area contributed by atoms with Gasteiger partial charge in [0, 0.05) is 11.3 Å². The van der Waals surface area contributed by atoms with Crippen molar-refractivity contribution in [2.45, 2.75) is 64.9 Å². The van der Waals surface area contributed by atoms with Crippen molar-refractivity contribution < 1.29 is 15.3 Å². The molecule has 0 aromatic carbocycles. The molecule has 0 unspecified atom stereocenters. The standard InChI is InChI=1S/C20H32O3/c1-17-4-3-5-19(10-21,11-22)16(17)14(23)8-20-7-13-12(6-15(17)20)18(13,2)9-20/h12-16,21-23H,3-11H2,1-2H3/t12-,13+,14-,15+,16+,17+,18-,20-/m1/s1. The summed E-state index contributed by atoms with van der Waals surface area (Å²) >= 11 is 0. The van der Waals surface area contributed by atoms with Crippen molar-refractivity contribution in [1.29, 1.82) is 0 Å². The van der Waals surface area contributed by atoms with Gasteiger partial charge in [0.2, 0.25) is 0 Å². The van der Waals surface area contributed by atoms with E-state index < -0.39 is 5.41 Å². The van der Waals surface area contributed by atoms with Gasteiger partial charge in [-0.05, 0) is 72.5 Å². The lowest BCUT2D eigenvalue weighted by Gasteiger charge is -2.67. The van der Waals surface area contributed by atoms with Crippen LogP contribution in [-0.4, -0.2) is 34.6 Å². The van der Waals surface area contributed by atoms with Crippen LogP contribution in [0, 0.1) is 45.3 Å². The third kappa shape index (κ3) is 1.50. The van der Waals surface area contributed by atoms with Gasteiger partial charge in [-0.3, -0.25) is 0 Å². The first-order chi connectivity index (χ1) is 10.9. The molecule has 1 spiro atoms. The second kappa shape index (κ2) is 4.16.